The van der Waals surface area contributed by atoms with Crippen molar-refractivity contribution in [2.24, 2.45) is 5.10 Å². The van der Waals surface area contributed by atoms with Gasteiger partial charge in [0, 0.05) is 16.6 Å². The lowest BCUT2D eigenvalue weighted by molar-refractivity contribution is -0.136. The van der Waals surface area contributed by atoms with Crippen LogP contribution in [0, 0.1) is 0 Å². The van der Waals surface area contributed by atoms with Gasteiger partial charge in [0.25, 0.3) is 0 Å². The minimum absolute atomic E-state index is 0.272. The molecule has 5 nitrogen and oxygen atoms in total. The van der Waals surface area contributed by atoms with Gasteiger partial charge in [0.1, 0.15) is 0 Å². The first kappa shape index (κ1) is 17.8. The lowest BCUT2D eigenvalue weighted by Gasteiger charge is -2.40. The van der Waals surface area contributed by atoms with Crippen LogP contribution in [0.4, 0.5) is 5.69 Å². The number of carbonyl (C=O) groups is 1. The number of halogens is 1. The second kappa shape index (κ2) is 8.34. The molecule has 1 aliphatic rings. The van der Waals surface area contributed by atoms with Crippen LogP contribution < -0.4 is 5.43 Å². The summed E-state index contributed by atoms with van der Waals surface area (Å²) < 4.78 is 6.20. The van der Waals surface area contributed by atoms with Gasteiger partial charge in [-0.2, -0.15) is 0 Å². The summed E-state index contributed by atoms with van der Waals surface area (Å²) in [5.74, 6) is -0.0211. The number of hydrogen-bond acceptors (Lipinski definition) is 4. The van der Waals surface area contributed by atoms with Crippen LogP contribution in [-0.2, 0) is 9.53 Å². The predicted octanol–water partition coefficient (Wildman–Crippen LogP) is 4.00. The highest BCUT2D eigenvalue weighted by Crippen LogP contribution is 2.23. The number of nitrogens with one attached hydrogen (secondary N) is 1. The minimum Gasteiger partial charge on any atom is -0.460 e. The molecule has 0 amide bonds. The zero-order valence-corrected chi connectivity index (χ0v) is 15.5. The second-order valence-electron chi connectivity index (χ2n) is 5.81. The molecule has 1 saturated heterocycles. The van der Waals surface area contributed by atoms with Gasteiger partial charge in [0.05, 0.1) is 12.3 Å². The third-order valence-corrected chi connectivity index (χ3v) is 4.56. The molecule has 0 radical (unpaired) electrons. The van der Waals surface area contributed by atoms with E-state index < -0.39 is 0 Å². The minimum atomic E-state index is -0.377. The molecule has 1 fully saturated rings. The Balaban J connectivity index is 2.23. The van der Waals surface area contributed by atoms with Gasteiger partial charge in [-0.1, -0.05) is 15.9 Å². The summed E-state index contributed by atoms with van der Waals surface area (Å²) in [7, 11) is 0. The Morgan fingerprint density at radius 1 is 1.30 bits per heavy atom. The quantitative estimate of drug-likeness (QED) is 0.372. The maximum atomic E-state index is 12.4. The number of benzene rings is 1. The Kier molecular flexibility index (Phi) is 6.45. The summed E-state index contributed by atoms with van der Waals surface area (Å²) in [5.41, 5.74) is 3.80. The van der Waals surface area contributed by atoms with Crippen LogP contribution in [0.3, 0.4) is 0 Å². The standard InChI is InChI=1S/C17H24BrN3O2/c1-4-23-17(22)16(21-12(2)6-5-7-13(21)3)20-19-15-10-8-14(18)9-11-15/h8-13,19H,4-7H2,1-3H3/b20-16-/t12-,13-/m0/s1. The monoisotopic (exact) mass is 381 g/mol. The normalized spacial score (nSPS) is 21.9. The SMILES string of the molecule is CCOC(=O)/C(=N/Nc1ccc(Br)cc1)N1[C@@H](C)CCC[C@@H]1C. The summed E-state index contributed by atoms with van der Waals surface area (Å²) in [6, 6.07) is 8.20. The van der Waals surface area contributed by atoms with Crippen LogP contribution in [-0.4, -0.2) is 35.4 Å². The molecule has 0 bridgehead atoms. The lowest BCUT2D eigenvalue weighted by atomic mass is 9.97. The highest BCUT2D eigenvalue weighted by atomic mass is 79.9. The summed E-state index contributed by atoms with van der Waals surface area (Å²) in [4.78, 5) is 14.4. The number of rotatable bonds is 3. The van der Waals surface area contributed by atoms with E-state index in [0.717, 1.165) is 23.0 Å². The fourth-order valence-electron chi connectivity index (χ4n) is 2.89. The largest absolute Gasteiger partial charge is 0.460 e. The summed E-state index contributed by atoms with van der Waals surface area (Å²) in [5, 5.41) is 4.37. The average Bonchev–Trinajstić information content (AvgIpc) is 2.52. The Morgan fingerprint density at radius 2 is 1.91 bits per heavy atom. The highest BCUT2D eigenvalue weighted by Gasteiger charge is 2.32. The van der Waals surface area contributed by atoms with E-state index in [2.05, 4.69) is 45.2 Å². The Morgan fingerprint density at radius 3 is 2.48 bits per heavy atom. The van der Waals surface area contributed by atoms with Crippen molar-refractivity contribution >= 4 is 33.4 Å². The number of piperidine rings is 1. The number of hydrogen-bond donors (Lipinski definition) is 1. The predicted molar refractivity (Wildman–Crippen MR) is 96.4 cm³/mol. The maximum Gasteiger partial charge on any atom is 0.376 e. The average molecular weight is 382 g/mol. The number of nitrogens with zero attached hydrogens (tertiary/aromatic N) is 2. The molecule has 0 aromatic heterocycles. The Labute approximate surface area is 146 Å². The first-order valence-electron chi connectivity index (χ1n) is 8.07. The molecule has 1 aliphatic heterocycles. The van der Waals surface area contributed by atoms with Crippen molar-refractivity contribution in [1.82, 2.24) is 4.90 Å². The van der Waals surface area contributed by atoms with E-state index in [1.807, 2.05) is 24.3 Å². The van der Waals surface area contributed by atoms with E-state index in [-0.39, 0.29) is 18.1 Å². The second-order valence-corrected chi connectivity index (χ2v) is 6.73. The van der Waals surface area contributed by atoms with E-state index in [1.54, 1.807) is 6.92 Å². The van der Waals surface area contributed by atoms with Crippen molar-refractivity contribution in [3.8, 4) is 0 Å². The number of hydrazone groups is 1. The molecule has 0 spiro atoms. The third kappa shape index (κ3) is 4.70. The molecule has 0 unspecified atom stereocenters. The van der Waals surface area contributed by atoms with Gasteiger partial charge in [0.15, 0.2) is 0 Å². The number of esters is 1. The first-order valence-corrected chi connectivity index (χ1v) is 8.87. The van der Waals surface area contributed by atoms with Crippen molar-refractivity contribution in [2.75, 3.05) is 12.0 Å². The molecule has 0 saturated carbocycles. The van der Waals surface area contributed by atoms with E-state index >= 15 is 0 Å². The molecule has 2 rings (SSSR count). The highest BCUT2D eigenvalue weighted by molar-refractivity contribution is 9.10. The topological polar surface area (TPSA) is 53.9 Å². The van der Waals surface area contributed by atoms with Crippen LogP contribution in [0.5, 0.6) is 0 Å². The van der Waals surface area contributed by atoms with Crippen LogP contribution in [0.25, 0.3) is 0 Å². The molecular formula is C17H24BrN3O2. The zero-order chi connectivity index (χ0) is 16.8. The van der Waals surface area contributed by atoms with Crippen LogP contribution in [0.1, 0.15) is 40.0 Å². The third-order valence-electron chi connectivity index (χ3n) is 4.03. The van der Waals surface area contributed by atoms with Gasteiger partial charge in [-0.05, 0) is 64.3 Å². The number of anilines is 1. The van der Waals surface area contributed by atoms with Crippen LogP contribution >= 0.6 is 15.9 Å². The molecule has 126 valence electrons. The summed E-state index contributed by atoms with van der Waals surface area (Å²) in [6.07, 6.45) is 3.29. The van der Waals surface area contributed by atoms with Crippen molar-refractivity contribution < 1.29 is 9.53 Å². The van der Waals surface area contributed by atoms with Crippen LogP contribution in [0.2, 0.25) is 0 Å². The fraction of sp³-hybridized carbons (Fsp3) is 0.529. The van der Waals surface area contributed by atoms with Gasteiger partial charge in [-0.15, -0.1) is 5.10 Å². The van der Waals surface area contributed by atoms with Crippen molar-refractivity contribution in [3.05, 3.63) is 28.7 Å². The Bertz CT molecular complexity index is 549. The van der Waals surface area contributed by atoms with Gasteiger partial charge in [0.2, 0.25) is 5.84 Å². The summed E-state index contributed by atoms with van der Waals surface area (Å²) in [6.45, 7) is 6.40. The van der Waals surface area contributed by atoms with Crippen molar-refractivity contribution in [1.29, 1.82) is 0 Å². The van der Waals surface area contributed by atoms with E-state index in [0.29, 0.717) is 12.4 Å². The number of amidine groups is 1. The lowest BCUT2D eigenvalue weighted by Crippen LogP contribution is -2.51. The molecule has 6 heteroatoms. The van der Waals surface area contributed by atoms with E-state index in [1.165, 1.54) is 6.42 Å². The molecule has 1 aromatic rings. The van der Waals surface area contributed by atoms with E-state index in [9.17, 15) is 4.79 Å². The van der Waals surface area contributed by atoms with Gasteiger partial charge < -0.3 is 9.64 Å². The molecule has 23 heavy (non-hydrogen) atoms. The molecule has 1 N–H and O–H groups in total. The maximum absolute atomic E-state index is 12.4. The van der Waals surface area contributed by atoms with Crippen molar-refractivity contribution in [3.63, 3.8) is 0 Å². The molecule has 1 aromatic carbocycles. The summed E-state index contributed by atoms with van der Waals surface area (Å²) >= 11 is 3.40. The number of carbonyl (C=O) groups excluding carboxylic acids is 1. The molecular weight excluding hydrogens is 358 g/mol. The van der Waals surface area contributed by atoms with Crippen LogP contribution in [0.15, 0.2) is 33.8 Å². The Hall–Kier alpha value is -1.56. The number of likely N-dealkylation sites (tertiary alicyclic amines) is 1. The fourth-order valence-corrected chi connectivity index (χ4v) is 3.15. The van der Waals surface area contributed by atoms with Crippen molar-refractivity contribution in [2.45, 2.75) is 52.1 Å². The smallest absolute Gasteiger partial charge is 0.376 e. The molecule has 2 atom stereocenters. The first-order chi connectivity index (χ1) is 11.0. The molecule has 0 aliphatic carbocycles. The van der Waals surface area contributed by atoms with E-state index in [4.69, 9.17) is 4.74 Å². The van der Waals surface area contributed by atoms with Gasteiger partial charge in [-0.25, -0.2) is 4.79 Å². The zero-order valence-electron chi connectivity index (χ0n) is 13.9. The number of ether oxygens (including phenoxy) is 1. The molecule has 1 heterocycles. The van der Waals surface area contributed by atoms with Gasteiger partial charge >= 0.3 is 5.97 Å². The van der Waals surface area contributed by atoms with Gasteiger partial charge in [-0.3, -0.25) is 5.43 Å².